The Kier molecular flexibility index (Phi) is 2.89. The monoisotopic (exact) mass is 237 g/mol. The van der Waals surface area contributed by atoms with E-state index in [-0.39, 0.29) is 11.1 Å². The molecule has 1 heterocycles. The zero-order chi connectivity index (χ0) is 11.7. The smallest absolute Gasteiger partial charge is 0.212 e. The molecule has 4 nitrogen and oxygen atoms in total. The zero-order valence-electron chi connectivity index (χ0n) is 8.93. The third-order valence-electron chi connectivity index (χ3n) is 2.30. The van der Waals surface area contributed by atoms with Gasteiger partial charge in [-0.15, -0.1) is 0 Å². The third kappa shape index (κ3) is 1.79. The van der Waals surface area contributed by atoms with Crippen LogP contribution in [-0.4, -0.2) is 16.6 Å². The summed E-state index contributed by atoms with van der Waals surface area (Å²) in [5, 5.41) is 9.95. The van der Waals surface area contributed by atoms with Crippen LogP contribution in [0.1, 0.15) is 18.7 Å². The van der Waals surface area contributed by atoms with E-state index >= 15 is 0 Å². The highest BCUT2D eigenvalue weighted by molar-refractivity contribution is 7.12. The van der Waals surface area contributed by atoms with E-state index in [2.05, 4.69) is 4.37 Å². The maximum Gasteiger partial charge on any atom is 0.212 e. The Hall–Kier alpha value is -1.46. The van der Waals surface area contributed by atoms with Gasteiger partial charge in [-0.05, 0) is 36.7 Å². The first-order valence-corrected chi connectivity index (χ1v) is 5.56. The van der Waals surface area contributed by atoms with Gasteiger partial charge in [0.25, 0.3) is 0 Å². The summed E-state index contributed by atoms with van der Waals surface area (Å²) in [6.07, 6.45) is -0.838. The van der Waals surface area contributed by atoms with Crippen LogP contribution in [0.2, 0.25) is 0 Å². The normalized spacial score (nSPS) is 12.7. The van der Waals surface area contributed by atoms with Crippen molar-refractivity contribution >= 4 is 21.6 Å². The molecule has 0 aliphatic carbocycles. The predicted molar refractivity (Wildman–Crippen MR) is 63.1 cm³/mol. The lowest BCUT2D eigenvalue weighted by atomic mass is 10.2. The van der Waals surface area contributed by atoms with Crippen LogP contribution in [0.25, 0.3) is 10.1 Å². The van der Waals surface area contributed by atoms with Crippen molar-refractivity contribution < 1.29 is 9.84 Å². The lowest BCUT2D eigenvalue weighted by Gasteiger charge is -2.04. The summed E-state index contributed by atoms with van der Waals surface area (Å²) in [5.74, 6) is 0.690. The fourth-order valence-corrected chi connectivity index (χ4v) is 2.30. The number of aromatic nitrogens is 1. The minimum atomic E-state index is -0.838. The molecule has 0 aliphatic heterocycles. The van der Waals surface area contributed by atoms with Crippen molar-refractivity contribution in [2.75, 3.05) is 7.11 Å². The number of aliphatic hydroxyl groups is 1. The molecule has 5 heteroatoms. The molecule has 1 aromatic carbocycles. The zero-order valence-corrected chi connectivity index (χ0v) is 9.75. The number of rotatable bonds is 2. The largest absolute Gasteiger partial charge is 0.497 e. The van der Waals surface area contributed by atoms with Gasteiger partial charge in [0.2, 0.25) is 5.43 Å². The molecule has 0 saturated heterocycles. The summed E-state index contributed by atoms with van der Waals surface area (Å²) in [7, 11) is 1.57. The molecule has 0 amide bonds. The number of methoxy groups -OCH3 is 1. The van der Waals surface area contributed by atoms with Crippen molar-refractivity contribution in [3.05, 3.63) is 34.1 Å². The van der Waals surface area contributed by atoms with Gasteiger partial charge >= 0.3 is 0 Å². The molecule has 1 N–H and O–H groups in total. The predicted octanol–water partition coefficient (Wildman–Crippen LogP) is 1.72. The average molecular weight is 237 g/mol. The first kappa shape index (κ1) is 11.0. The van der Waals surface area contributed by atoms with Gasteiger partial charge in [0.15, 0.2) is 0 Å². The van der Waals surface area contributed by atoms with Gasteiger partial charge in [0.05, 0.1) is 17.9 Å². The third-order valence-corrected chi connectivity index (χ3v) is 3.13. The van der Waals surface area contributed by atoms with Crippen LogP contribution in [0.3, 0.4) is 0 Å². The molecular weight excluding hydrogens is 226 g/mol. The SMILES string of the molecule is COc1ccc2c(=O)c(C(C)O)nsc2c1. The standard InChI is InChI=1S/C11H11NO3S/c1-6(13)10-11(14)8-4-3-7(15-2)5-9(8)16-12-10/h3-6,13H,1-2H3. The minimum Gasteiger partial charge on any atom is -0.497 e. The van der Waals surface area contributed by atoms with E-state index < -0.39 is 6.10 Å². The van der Waals surface area contributed by atoms with Crippen molar-refractivity contribution in [3.8, 4) is 5.75 Å². The lowest BCUT2D eigenvalue weighted by Crippen LogP contribution is -2.13. The van der Waals surface area contributed by atoms with E-state index in [0.717, 1.165) is 4.70 Å². The number of benzene rings is 1. The van der Waals surface area contributed by atoms with Crippen molar-refractivity contribution in [1.82, 2.24) is 4.37 Å². The lowest BCUT2D eigenvalue weighted by molar-refractivity contribution is 0.194. The van der Waals surface area contributed by atoms with Crippen molar-refractivity contribution in [2.24, 2.45) is 0 Å². The van der Waals surface area contributed by atoms with E-state index in [9.17, 15) is 9.90 Å². The number of ether oxygens (including phenoxy) is 1. The Morgan fingerprint density at radius 1 is 1.50 bits per heavy atom. The highest BCUT2D eigenvalue weighted by Crippen LogP contribution is 2.22. The molecule has 0 bridgehead atoms. The fourth-order valence-electron chi connectivity index (χ4n) is 1.44. The number of fused-ring (bicyclic) bond motifs is 1. The van der Waals surface area contributed by atoms with Gasteiger partial charge in [-0.1, -0.05) is 0 Å². The van der Waals surface area contributed by atoms with Crippen molar-refractivity contribution in [2.45, 2.75) is 13.0 Å². The first-order valence-electron chi connectivity index (χ1n) is 4.79. The molecule has 2 rings (SSSR count). The van der Waals surface area contributed by atoms with E-state index in [4.69, 9.17) is 4.74 Å². The van der Waals surface area contributed by atoms with Gasteiger partial charge in [-0.2, -0.15) is 4.37 Å². The van der Waals surface area contributed by atoms with Crippen LogP contribution in [0, 0.1) is 0 Å². The molecule has 0 fully saturated rings. The molecule has 0 spiro atoms. The molecule has 0 saturated carbocycles. The maximum atomic E-state index is 11.9. The van der Waals surface area contributed by atoms with Gasteiger partial charge in [0.1, 0.15) is 11.4 Å². The average Bonchev–Trinajstić information content (AvgIpc) is 2.28. The number of aliphatic hydroxyl groups excluding tert-OH is 1. The molecule has 0 radical (unpaired) electrons. The topological polar surface area (TPSA) is 59.4 Å². The summed E-state index contributed by atoms with van der Waals surface area (Å²) < 4.78 is 9.83. The molecule has 16 heavy (non-hydrogen) atoms. The van der Waals surface area contributed by atoms with Crippen LogP contribution in [0.4, 0.5) is 0 Å². The summed E-state index contributed by atoms with van der Waals surface area (Å²) >= 11 is 1.19. The molecule has 1 unspecified atom stereocenters. The fraction of sp³-hybridized carbons (Fsp3) is 0.273. The molecule has 2 aromatic rings. The second kappa shape index (κ2) is 4.19. The van der Waals surface area contributed by atoms with Gasteiger partial charge in [0, 0.05) is 5.39 Å². The maximum absolute atomic E-state index is 11.9. The Morgan fingerprint density at radius 3 is 2.88 bits per heavy atom. The first-order chi connectivity index (χ1) is 7.63. The molecule has 1 aromatic heterocycles. The van der Waals surface area contributed by atoms with Gasteiger partial charge in [-0.3, -0.25) is 4.79 Å². The second-order valence-electron chi connectivity index (χ2n) is 3.44. The van der Waals surface area contributed by atoms with Gasteiger partial charge < -0.3 is 9.84 Å². The van der Waals surface area contributed by atoms with Crippen LogP contribution in [0.5, 0.6) is 5.75 Å². The van der Waals surface area contributed by atoms with E-state index in [1.54, 1.807) is 25.3 Å². The highest BCUT2D eigenvalue weighted by atomic mass is 32.1. The van der Waals surface area contributed by atoms with Crippen LogP contribution in [-0.2, 0) is 0 Å². The van der Waals surface area contributed by atoms with E-state index in [1.165, 1.54) is 18.5 Å². The van der Waals surface area contributed by atoms with Crippen LogP contribution >= 0.6 is 11.5 Å². The molecular formula is C11H11NO3S. The molecule has 84 valence electrons. The summed E-state index contributed by atoms with van der Waals surface area (Å²) in [5.41, 5.74) is -0.0194. The Balaban J connectivity index is 2.72. The highest BCUT2D eigenvalue weighted by Gasteiger charge is 2.11. The minimum absolute atomic E-state index is 0.197. The van der Waals surface area contributed by atoms with Crippen LogP contribution < -0.4 is 10.2 Å². The van der Waals surface area contributed by atoms with Crippen molar-refractivity contribution in [1.29, 1.82) is 0 Å². The van der Waals surface area contributed by atoms with Gasteiger partial charge in [-0.25, -0.2) is 0 Å². The molecule has 1 atom stereocenters. The number of nitrogens with zero attached hydrogens (tertiary/aromatic N) is 1. The summed E-state index contributed by atoms with van der Waals surface area (Å²) in [6, 6.07) is 5.18. The Bertz CT molecular complexity index is 577. The number of hydrogen-bond acceptors (Lipinski definition) is 5. The number of hydrogen-bond donors (Lipinski definition) is 1. The van der Waals surface area contributed by atoms with Crippen molar-refractivity contribution in [3.63, 3.8) is 0 Å². The van der Waals surface area contributed by atoms with Crippen LogP contribution in [0.15, 0.2) is 23.0 Å². The van der Waals surface area contributed by atoms with E-state index in [1.807, 2.05) is 0 Å². The Morgan fingerprint density at radius 2 is 2.25 bits per heavy atom. The summed E-state index contributed by atoms with van der Waals surface area (Å²) in [6.45, 7) is 1.53. The summed E-state index contributed by atoms with van der Waals surface area (Å²) in [4.78, 5) is 11.9. The second-order valence-corrected chi connectivity index (χ2v) is 4.24. The quantitative estimate of drug-likeness (QED) is 0.864. The molecule has 0 aliphatic rings. The Labute approximate surface area is 96.3 Å². The van der Waals surface area contributed by atoms with E-state index in [0.29, 0.717) is 11.1 Å².